The van der Waals surface area contributed by atoms with Crippen molar-refractivity contribution in [2.45, 2.75) is 96.8 Å². The summed E-state index contributed by atoms with van der Waals surface area (Å²) in [6.45, 7) is 6.28. The zero-order chi connectivity index (χ0) is 22.5. The molecule has 0 aromatic heterocycles. The molecule has 0 fully saturated rings. The zero-order valence-corrected chi connectivity index (χ0v) is 20.2. The van der Waals surface area contributed by atoms with E-state index < -0.39 is 0 Å². The second-order valence-electron chi connectivity index (χ2n) is 7.86. The summed E-state index contributed by atoms with van der Waals surface area (Å²) in [7, 11) is 0. The van der Waals surface area contributed by atoms with Crippen molar-refractivity contribution in [3.63, 3.8) is 0 Å². The second-order valence-corrected chi connectivity index (χ2v) is 7.86. The Balaban J connectivity index is 3.06. The van der Waals surface area contributed by atoms with Crippen molar-refractivity contribution < 1.29 is 23.9 Å². The van der Waals surface area contributed by atoms with E-state index in [0.717, 1.165) is 6.42 Å². The van der Waals surface area contributed by atoms with Gasteiger partial charge in [0.2, 0.25) is 0 Å². The van der Waals surface area contributed by atoms with Gasteiger partial charge >= 0.3 is 0 Å². The molecule has 0 atom stereocenters. The summed E-state index contributed by atoms with van der Waals surface area (Å²) in [4.78, 5) is 9.58. The van der Waals surface area contributed by atoms with Gasteiger partial charge in [0.15, 0.2) is 0 Å². The van der Waals surface area contributed by atoms with Crippen molar-refractivity contribution in [3.05, 3.63) is 0 Å². The van der Waals surface area contributed by atoms with Crippen LogP contribution in [0, 0.1) is 0 Å². The van der Waals surface area contributed by atoms with Gasteiger partial charge in [0, 0.05) is 6.21 Å². The van der Waals surface area contributed by atoms with E-state index in [4.69, 9.17) is 24.9 Å². The molecule has 0 radical (unpaired) electrons. The molecule has 186 valence electrons. The van der Waals surface area contributed by atoms with Crippen molar-refractivity contribution in [1.29, 1.82) is 0 Å². The average Bonchev–Trinajstić information content (AvgIpc) is 2.78. The Kier molecular flexibility index (Phi) is 28.6. The van der Waals surface area contributed by atoms with Crippen LogP contribution < -0.4 is 5.90 Å². The summed E-state index contributed by atoms with van der Waals surface area (Å²) in [5, 5.41) is 3.98. The van der Waals surface area contributed by atoms with Crippen LogP contribution in [-0.4, -0.2) is 59.1 Å². The molecule has 7 nitrogen and oxygen atoms in total. The lowest BCUT2D eigenvalue weighted by Crippen LogP contribution is -2.13. The summed E-state index contributed by atoms with van der Waals surface area (Å²) in [6.07, 6.45) is 20.8. The maximum absolute atomic E-state index is 5.41. The number of rotatable bonds is 27. The molecule has 0 aromatic carbocycles. The van der Waals surface area contributed by atoms with E-state index in [-0.39, 0.29) is 0 Å². The minimum absolute atomic E-state index is 0.394. The summed E-state index contributed by atoms with van der Waals surface area (Å²) in [6, 6.07) is 0. The molecule has 31 heavy (non-hydrogen) atoms. The van der Waals surface area contributed by atoms with Crippen LogP contribution in [0.4, 0.5) is 0 Å². The summed E-state index contributed by atoms with van der Waals surface area (Å²) < 4.78 is 16.0. The van der Waals surface area contributed by atoms with Gasteiger partial charge in [-0.1, -0.05) is 89.1 Å². The Labute approximate surface area is 191 Å². The van der Waals surface area contributed by atoms with Crippen LogP contribution in [0.3, 0.4) is 0 Å². The van der Waals surface area contributed by atoms with Crippen LogP contribution in [0.1, 0.15) is 96.8 Å². The van der Waals surface area contributed by atoms with Crippen molar-refractivity contribution >= 4 is 6.21 Å². The molecule has 0 aliphatic carbocycles. The molecule has 7 heteroatoms. The van der Waals surface area contributed by atoms with Crippen molar-refractivity contribution in [3.8, 4) is 0 Å². The molecule has 0 saturated carbocycles. The van der Waals surface area contributed by atoms with Crippen molar-refractivity contribution in [1.82, 2.24) is 0 Å². The molecular formula is C24H50N2O5. The van der Waals surface area contributed by atoms with Crippen LogP contribution in [0.2, 0.25) is 0 Å². The normalized spacial score (nSPS) is 11.5. The highest BCUT2D eigenvalue weighted by atomic mass is 16.6. The minimum Gasteiger partial charge on any atom is -0.394 e. The number of nitrogens with two attached hydrogens (primary N) is 1. The topological polar surface area (TPSA) is 84.5 Å². The lowest BCUT2D eigenvalue weighted by atomic mass is 10.0. The van der Waals surface area contributed by atoms with Crippen molar-refractivity contribution in [2.75, 3.05) is 52.9 Å². The van der Waals surface area contributed by atoms with Gasteiger partial charge in [-0.3, -0.25) is 0 Å². The summed E-state index contributed by atoms with van der Waals surface area (Å²) in [5.74, 6) is 4.89. The van der Waals surface area contributed by atoms with Crippen LogP contribution in [0.5, 0.6) is 0 Å². The molecule has 0 aliphatic heterocycles. The molecule has 0 rings (SSSR count). The molecule has 0 aliphatic rings. The Morgan fingerprint density at radius 2 is 0.968 bits per heavy atom. The molecule has 0 aromatic rings. The Morgan fingerprint density at radius 1 is 0.548 bits per heavy atom. The first-order chi connectivity index (χ1) is 15.4. The summed E-state index contributed by atoms with van der Waals surface area (Å²) in [5.41, 5.74) is 0. The quantitative estimate of drug-likeness (QED) is 0.103. The SMILES string of the molecule is CCCCCCCCCCCCCCCC=NOCCOCCOCCOCCON. The molecular weight excluding hydrogens is 396 g/mol. The molecule has 0 heterocycles. The first kappa shape index (κ1) is 30.3. The second kappa shape index (κ2) is 29.3. The maximum Gasteiger partial charge on any atom is 0.140 e. The predicted molar refractivity (Wildman–Crippen MR) is 127 cm³/mol. The fourth-order valence-corrected chi connectivity index (χ4v) is 3.16. The first-order valence-electron chi connectivity index (χ1n) is 12.6. The van der Waals surface area contributed by atoms with Crippen molar-refractivity contribution in [2.24, 2.45) is 11.1 Å². The van der Waals surface area contributed by atoms with E-state index in [1.165, 1.54) is 83.5 Å². The molecule has 0 spiro atoms. The smallest absolute Gasteiger partial charge is 0.140 e. The molecule has 0 saturated heterocycles. The highest BCUT2D eigenvalue weighted by Gasteiger charge is 1.94. The van der Waals surface area contributed by atoms with Crippen LogP contribution >= 0.6 is 0 Å². The minimum atomic E-state index is 0.394. The van der Waals surface area contributed by atoms with Gasteiger partial charge < -0.3 is 23.9 Å². The average molecular weight is 447 g/mol. The summed E-state index contributed by atoms with van der Waals surface area (Å²) >= 11 is 0. The number of unbranched alkanes of at least 4 members (excludes halogenated alkanes) is 13. The zero-order valence-electron chi connectivity index (χ0n) is 20.2. The fourth-order valence-electron chi connectivity index (χ4n) is 3.16. The number of hydrogen-bond acceptors (Lipinski definition) is 7. The van der Waals surface area contributed by atoms with Gasteiger partial charge in [0.1, 0.15) is 6.61 Å². The number of hydrogen-bond donors (Lipinski definition) is 1. The number of oxime groups is 1. The van der Waals surface area contributed by atoms with Gasteiger partial charge in [-0.05, 0) is 12.8 Å². The van der Waals surface area contributed by atoms with Crippen LogP contribution in [0.15, 0.2) is 5.16 Å². The van der Waals surface area contributed by atoms with E-state index in [1.807, 2.05) is 6.21 Å². The van der Waals surface area contributed by atoms with E-state index in [2.05, 4.69) is 16.9 Å². The third-order valence-corrected chi connectivity index (χ3v) is 4.99. The number of ether oxygens (including phenoxy) is 3. The number of nitrogens with zero attached hydrogens (tertiary/aromatic N) is 1. The van der Waals surface area contributed by atoms with Crippen LogP contribution in [0.25, 0.3) is 0 Å². The molecule has 0 unspecified atom stereocenters. The third-order valence-electron chi connectivity index (χ3n) is 4.99. The monoisotopic (exact) mass is 446 g/mol. The first-order valence-corrected chi connectivity index (χ1v) is 12.6. The highest BCUT2D eigenvalue weighted by molar-refractivity contribution is 5.56. The van der Waals surface area contributed by atoms with Gasteiger partial charge in [-0.15, -0.1) is 0 Å². The van der Waals surface area contributed by atoms with E-state index in [9.17, 15) is 0 Å². The van der Waals surface area contributed by atoms with Crippen LogP contribution in [-0.2, 0) is 23.9 Å². The largest absolute Gasteiger partial charge is 0.394 e. The van der Waals surface area contributed by atoms with Gasteiger partial charge in [0.05, 0.1) is 46.2 Å². The molecule has 2 N–H and O–H groups in total. The third kappa shape index (κ3) is 29.3. The van der Waals surface area contributed by atoms with E-state index >= 15 is 0 Å². The lowest BCUT2D eigenvalue weighted by molar-refractivity contribution is -0.0107. The predicted octanol–water partition coefficient (Wildman–Crippen LogP) is 5.41. The maximum atomic E-state index is 5.41. The Hall–Kier alpha value is -0.730. The Bertz CT molecular complexity index is 346. The fraction of sp³-hybridized carbons (Fsp3) is 0.958. The standard InChI is InChI=1S/C24H50N2O5/c1-2-3-4-5-6-7-8-9-10-11-12-13-14-15-16-26-31-24-22-29-20-18-27-17-19-28-21-23-30-25/h16H,2-15,17-25H2,1H3. The molecule has 0 amide bonds. The van der Waals surface area contributed by atoms with E-state index in [1.54, 1.807) is 0 Å². The molecule has 0 bridgehead atoms. The Morgan fingerprint density at radius 3 is 1.45 bits per heavy atom. The van der Waals surface area contributed by atoms with Gasteiger partial charge in [-0.25, -0.2) is 5.90 Å². The van der Waals surface area contributed by atoms with Gasteiger partial charge in [-0.2, -0.15) is 0 Å². The van der Waals surface area contributed by atoms with E-state index in [0.29, 0.717) is 52.9 Å². The van der Waals surface area contributed by atoms with Gasteiger partial charge in [0.25, 0.3) is 0 Å². The lowest BCUT2D eigenvalue weighted by Gasteiger charge is -2.06. The highest BCUT2D eigenvalue weighted by Crippen LogP contribution is 2.12.